The molecule has 0 aliphatic rings. The first-order chi connectivity index (χ1) is 11.2. The van der Waals surface area contributed by atoms with Gasteiger partial charge in [-0.05, 0) is 37.6 Å². The molecular weight excluding hydrogens is 337 g/mol. The van der Waals surface area contributed by atoms with E-state index >= 15 is 0 Å². The van der Waals surface area contributed by atoms with Crippen LogP contribution in [0.2, 0.25) is 0 Å². The molecule has 2 N–H and O–H groups in total. The highest BCUT2D eigenvalue weighted by molar-refractivity contribution is 7.89. The SMILES string of the molecule is CCCNC(=O)[C@@H](C)NC(=O)CN(C)S(=O)(=O)c1ccc(F)cc1. The predicted molar refractivity (Wildman–Crippen MR) is 87.1 cm³/mol. The zero-order chi connectivity index (χ0) is 18.3. The summed E-state index contributed by atoms with van der Waals surface area (Å²) in [6.45, 7) is 3.46. The van der Waals surface area contributed by atoms with Crippen molar-refractivity contribution < 1.29 is 22.4 Å². The van der Waals surface area contributed by atoms with E-state index < -0.39 is 34.3 Å². The predicted octanol–water partition coefficient (Wildman–Crippen LogP) is 0.477. The molecule has 0 spiro atoms. The average molecular weight is 359 g/mol. The zero-order valence-electron chi connectivity index (χ0n) is 13.9. The van der Waals surface area contributed by atoms with Crippen molar-refractivity contribution in [3.63, 3.8) is 0 Å². The minimum atomic E-state index is -3.92. The van der Waals surface area contributed by atoms with E-state index in [1.54, 1.807) is 0 Å². The topological polar surface area (TPSA) is 95.6 Å². The fraction of sp³-hybridized carbons (Fsp3) is 0.467. The Kier molecular flexibility index (Phi) is 7.30. The number of carbonyl (C=O) groups excluding carboxylic acids is 2. The normalized spacial score (nSPS) is 12.7. The number of hydrogen-bond donors (Lipinski definition) is 2. The van der Waals surface area contributed by atoms with E-state index in [0.29, 0.717) is 6.54 Å². The fourth-order valence-electron chi connectivity index (χ4n) is 1.83. The first-order valence-electron chi connectivity index (χ1n) is 7.47. The number of nitrogens with one attached hydrogen (secondary N) is 2. The van der Waals surface area contributed by atoms with Crippen molar-refractivity contribution in [1.82, 2.24) is 14.9 Å². The summed E-state index contributed by atoms with van der Waals surface area (Å²) in [5, 5.41) is 5.07. The summed E-state index contributed by atoms with van der Waals surface area (Å²) < 4.78 is 38.3. The number of hydrogen-bond acceptors (Lipinski definition) is 4. The summed E-state index contributed by atoms with van der Waals surface area (Å²) in [7, 11) is -2.68. The Bertz CT molecular complexity index is 676. The molecule has 1 rings (SSSR count). The van der Waals surface area contributed by atoms with Crippen LogP contribution in [0.5, 0.6) is 0 Å². The first kappa shape index (κ1) is 20.0. The van der Waals surface area contributed by atoms with Gasteiger partial charge in [0, 0.05) is 13.6 Å². The van der Waals surface area contributed by atoms with Crippen molar-refractivity contribution >= 4 is 21.8 Å². The Labute approximate surface area is 141 Å². The van der Waals surface area contributed by atoms with Crippen molar-refractivity contribution in [2.75, 3.05) is 20.1 Å². The number of rotatable bonds is 8. The Morgan fingerprint density at radius 1 is 1.25 bits per heavy atom. The molecule has 2 amide bonds. The van der Waals surface area contributed by atoms with Crippen molar-refractivity contribution in [1.29, 1.82) is 0 Å². The van der Waals surface area contributed by atoms with Crippen LogP contribution in [-0.2, 0) is 19.6 Å². The molecule has 1 atom stereocenters. The smallest absolute Gasteiger partial charge is 0.243 e. The van der Waals surface area contributed by atoms with Crippen molar-refractivity contribution in [2.45, 2.75) is 31.2 Å². The maximum atomic E-state index is 12.9. The molecule has 0 aliphatic heterocycles. The quantitative estimate of drug-likeness (QED) is 0.706. The Morgan fingerprint density at radius 3 is 2.38 bits per heavy atom. The molecule has 0 saturated carbocycles. The number of amides is 2. The molecule has 7 nitrogen and oxygen atoms in total. The van der Waals surface area contributed by atoms with E-state index in [9.17, 15) is 22.4 Å². The number of carbonyl (C=O) groups is 2. The third kappa shape index (κ3) is 5.57. The highest BCUT2D eigenvalue weighted by Gasteiger charge is 2.24. The average Bonchev–Trinajstić information content (AvgIpc) is 2.52. The first-order valence-corrected chi connectivity index (χ1v) is 8.91. The Morgan fingerprint density at radius 2 is 1.83 bits per heavy atom. The van der Waals surface area contributed by atoms with Gasteiger partial charge in [0.05, 0.1) is 11.4 Å². The van der Waals surface area contributed by atoms with Gasteiger partial charge in [0.25, 0.3) is 0 Å². The van der Waals surface area contributed by atoms with Crippen molar-refractivity contribution in [3.05, 3.63) is 30.1 Å². The number of benzene rings is 1. The van der Waals surface area contributed by atoms with E-state index in [2.05, 4.69) is 10.6 Å². The van der Waals surface area contributed by atoms with Crippen LogP contribution >= 0.6 is 0 Å². The van der Waals surface area contributed by atoms with Gasteiger partial charge in [0.1, 0.15) is 11.9 Å². The monoisotopic (exact) mass is 359 g/mol. The zero-order valence-corrected chi connectivity index (χ0v) is 14.7. The molecule has 0 radical (unpaired) electrons. The van der Waals surface area contributed by atoms with Gasteiger partial charge in [-0.1, -0.05) is 6.92 Å². The molecule has 1 aromatic carbocycles. The van der Waals surface area contributed by atoms with Gasteiger partial charge in [-0.3, -0.25) is 9.59 Å². The summed E-state index contributed by atoms with van der Waals surface area (Å²) in [5.41, 5.74) is 0. The number of halogens is 1. The van der Waals surface area contributed by atoms with Crippen LogP contribution in [0, 0.1) is 5.82 Å². The Hall–Kier alpha value is -2.00. The van der Waals surface area contributed by atoms with E-state index in [1.165, 1.54) is 14.0 Å². The molecule has 0 aliphatic carbocycles. The fourth-order valence-corrected chi connectivity index (χ4v) is 2.95. The summed E-state index contributed by atoms with van der Waals surface area (Å²) in [6, 6.07) is 3.53. The molecule has 0 fully saturated rings. The summed E-state index contributed by atoms with van der Waals surface area (Å²) in [5.74, 6) is -1.50. The number of sulfonamides is 1. The molecule has 9 heteroatoms. The minimum absolute atomic E-state index is 0.118. The van der Waals surface area contributed by atoms with Crippen LogP contribution in [0.25, 0.3) is 0 Å². The third-order valence-corrected chi connectivity index (χ3v) is 5.03. The van der Waals surface area contributed by atoms with Gasteiger partial charge in [0.15, 0.2) is 0 Å². The van der Waals surface area contributed by atoms with Gasteiger partial charge in [0.2, 0.25) is 21.8 Å². The second-order valence-corrected chi connectivity index (χ2v) is 7.34. The van der Waals surface area contributed by atoms with E-state index in [1.807, 2.05) is 6.92 Å². The van der Waals surface area contributed by atoms with Gasteiger partial charge in [-0.2, -0.15) is 4.31 Å². The highest BCUT2D eigenvalue weighted by atomic mass is 32.2. The maximum absolute atomic E-state index is 12.9. The minimum Gasteiger partial charge on any atom is -0.354 e. The lowest BCUT2D eigenvalue weighted by atomic mass is 10.3. The standard InChI is InChI=1S/C15H22FN3O4S/c1-4-9-17-15(21)11(2)18-14(20)10-19(3)24(22,23)13-7-5-12(16)6-8-13/h5-8,11H,4,9-10H2,1-3H3,(H,17,21)(H,18,20)/t11-/m1/s1. The van der Waals surface area contributed by atoms with Gasteiger partial charge in [-0.25, -0.2) is 12.8 Å². The van der Waals surface area contributed by atoms with E-state index in [0.717, 1.165) is 35.0 Å². The largest absolute Gasteiger partial charge is 0.354 e. The van der Waals surface area contributed by atoms with Crippen LogP contribution in [0.1, 0.15) is 20.3 Å². The lowest BCUT2D eigenvalue weighted by Crippen LogP contribution is -2.48. The highest BCUT2D eigenvalue weighted by Crippen LogP contribution is 2.14. The molecule has 1 aromatic rings. The molecule has 0 bridgehead atoms. The summed E-state index contributed by atoms with van der Waals surface area (Å²) in [6.07, 6.45) is 0.769. The van der Waals surface area contributed by atoms with Gasteiger partial charge in [-0.15, -0.1) is 0 Å². The molecular formula is C15H22FN3O4S. The molecule has 0 unspecified atom stereocenters. The van der Waals surface area contributed by atoms with Crippen LogP contribution in [-0.4, -0.2) is 50.7 Å². The van der Waals surface area contributed by atoms with E-state index in [-0.39, 0.29) is 10.8 Å². The second kappa shape index (κ2) is 8.74. The number of nitrogens with zero attached hydrogens (tertiary/aromatic N) is 1. The molecule has 0 heterocycles. The Balaban J connectivity index is 2.66. The van der Waals surface area contributed by atoms with Crippen LogP contribution < -0.4 is 10.6 Å². The molecule has 0 aromatic heterocycles. The molecule has 134 valence electrons. The van der Waals surface area contributed by atoms with Crippen molar-refractivity contribution in [2.24, 2.45) is 0 Å². The number of likely N-dealkylation sites (N-methyl/N-ethyl adjacent to an activating group) is 1. The van der Waals surface area contributed by atoms with Crippen LogP contribution in [0.3, 0.4) is 0 Å². The lowest BCUT2D eigenvalue weighted by molar-refractivity contribution is -0.128. The second-order valence-electron chi connectivity index (χ2n) is 5.30. The summed E-state index contributed by atoms with van der Waals surface area (Å²) in [4.78, 5) is 23.5. The van der Waals surface area contributed by atoms with Crippen LogP contribution in [0.4, 0.5) is 4.39 Å². The summed E-state index contributed by atoms with van der Waals surface area (Å²) >= 11 is 0. The van der Waals surface area contributed by atoms with Gasteiger partial charge < -0.3 is 10.6 Å². The lowest BCUT2D eigenvalue weighted by Gasteiger charge is -2.19. The molecule has 24 heavy (non-hydrogen) atoms. The third-order valence-electron chi connectivity index (χ3n) is 3.21. The maximum Gasteiger partial charge on any atom is 0.243 e. The van der Waals surface area contributed by atoms with Crippen LogP contribution in [0.15, 0.2) is 29.2 Å². The van der Waals surface area contributed by atoms with E-state index in [4.69, 9.17) is 0 Å². The van der Waals surface area contributed by atoms with Gasteiger partial charge >= 0.3 is 0 Å². The molecule has 0 saturated heterocycles. The van der Waals surface area contributed by atoms with Crippen molar-refractivity contribution in [3.8, 4) is 0 Å².